The summed E-state index contributed by atoms with van der Waals surface area (Å²) in [4.78, 5) is 13.0. The summed E-state index contributed by atoms with van der Waals surface area (Å²) in [6.07, 6.45) is 49.0. The van der Waals surface area contributed by atoms with Gasteiger partial charge in [-0.15, -0.1) is 0 Å². The van der Waals surface area contributed by atoms with Gasteiger partial charge < -0.3 is 40.3 Å². The molecule has 0 aromatic heterocycles. The summed E-state index contributed by atoms with van der Waals surface area (Å²) in [6, 6.07) is -0.807. The molecule has 1 amide bonds. The van der Waals surface area contributed by atoms with E-state index in [0.717, 1.165) is 44.9 Å². The molecule has 7 atom stereocenters. The van der Waals surface area contributed by atoms with E-state index in [1.807, 2.05) is 6.08 Å². The predicted octanol–water partition coefficient (Wildman–Crippen LogP) is 12.4. The van der Waals surface area contributed by atoms with Crippen LogP contribution in [0.3, 0.4) is 0 Å². The van der Waals surface area contributed by atoms with Crippen LogP contribution in [0, 0.1) is 0 Å². The first kappa shape index (κ1) is 59.4. The summed E-state index contributed by atoms with van der Waals surface area (Å²) in [5.74, 6) is -0.180. The molecule has 0 aliphatic carbocycles. The molecule has 0 bridgehead atoms. The molecule has 1 aliphatic rings. The number of rotatable bonds is 45. The van der Waals surface area contributed by atoms with Gasteiger partial charge in [0.05, 0.1) is 25.4 Å². The van der Waals surface area contributed by atoms with Crippen molar-refractivity contribution in [2.45, 2.75) is 288 Å². The van der Waals surface area contributed by atoms with Gasteiger partial charge in [-0.2, -0.15) is 0 Å². The van der Waals surface area contributed by atoms with Gasteiger partial charge in [-0.3, -0.25) is 4.79 Å². The predicted molar refractivity (Wildman–Crippen MR) is 263 cm³/mol. The molecule has 9 nitrogen and oxygen atoms in total. The number of amides is 1. The van der Waals surface area contributed by atoms with Crippen LogP contribution in [0.5, 0.6) is 0 Å². The minimum Gasteiger partial charge on any atom is -0.394 e. The summed E-state index contributed by atoms with van der Waals surface area (Å²) in [6.45, 7) is 3.78. The fraction of sp³-hybridized carbons (Fsp3) is 0.870. The van der Waals surface area contributed by atoms with Crippen LogP contribution in [0.4, 0.5) is 0 Å². The maximum atomic E-state index is 13.0. The standard InChI is InChI=1S/C54H101NO8/c1-3-5-7-9-11-13-15-17-19-21-23-24-26-28-30-32-34-36-38-40-42-44-50(58)55-47(46-62-54-53(61)52(60)51(59)49(45-56)63-54)48(57)43-41-39-37-35-33-31-29-27-25-22-20-18-16-14-12-10-8-6-4-2/h15,17,21,23,41,43,47-49,51-54,56-57,59-61H,3-14,16,18-20,22,24-40,42,44-46H2,1-2H3,(H,55,58)/b17-15-,23-21-,43-41+. The van der Waals surface area contributed by atoms with Crippen molar-refractivity contribution in [1.82, 2.24) is 5.32 Å². The van der Waals surface area contributed by atoms with Crippen molar-refractivity contribution in [1.29, 1.82) is 0 Å². The van der Waals surface area contributed by atoms with Crippen LogP contribution in [0.15, 0.2) is 36.5 Å². The molecule has 0 radical (unpaired) electrons. The SMILES string of the molecule is CCCCCCC/C=C\C/C=C\CCCCCCCCCCCC(=O)NC(COC1OC(CO)C(O)C(O)C1O)C(O)/C=C/CCCCCCCCCCCCCCCCCCC. The van der Waals surface area contributed by atoms with Crippen molar-refractivity contribution in [3.05, 3.63) is 36.5 Å². The van der Waals surface area contributed by atoms with Crippen molar-refractivity contribution in [3.8, 4) is 0 Å². The minimum absolute atomic E-state index is 0.180. The molecule has 0 aromatic carbocycles. The molecule has 7 unspecified atom stereocenters. The third kappa shape index (κ3) is 34.4. The second-order valence-corrected chi connectivity index (χ2v) is 18.7. The van der Waals surface area contributed by atoms with Crippen molar-refractivity contribution in [3.63, 3.8) is 0 Å². The minimum atomic E-state index is -1.57. The molecule has 9 heteroatoms. The molecule has 0 aromatic rings. The number of carbonyl (C=O) groups excluding carboxylic acids is 1. The van der Waals surface area contributed by atoms with Crippen molar-refractivity contribution in [2.24, 2.45) is 0 Å². The Kier molecular flexibility index (Phi) is 41.7. The van der Waals surface area contributed by atoms with Gasteiger partial charge in [0.25, 0.3) is 0 Å². The van der Waals surface area contributed by atoms with Crippen molar-refractivity contribution in [2.75, 3.05) is 13.2 Å². The number of carbonyl (C=O) groups is 1. The lowest BCUT2D eigenvalue weighted by atomic mass is 9.99. The second kappa shape index (κ2) is 44.3. The van der Waals surface area contributed by atoms with Gasteiger partial charge in [-0.1, -0.05) is 224 Å². The lowest BCUT2D eigenvalue weighted by Crippen LogP contribution is -2.60. The van der Waals surface area contributed by atoms with E-state index in [1.165, 1.54) is 180 Å². The molecule has 0 spiro atoms. The lowest BCUT2D eigenvalue weighted by Gasteiger charge is -2.40. The number of ether oxygens (including phenoxy) is 2. The highest BCUT2D eigenvalue weighted by Crippen LogP contribution is 2.23. The van der Waals surface area contributed by atoms with Crippen LogP contribution in [-0.2, 0) is 14.3 Å². The zero-order valence-corrected chi connectivity index (χ0v) is 40.8. The zero-order chi connectivity index (χ0) is 45.9. The molecule has 1 rings (SSSR count). The van der Waals surface area contributed by atoms with Crippen LogP contribution < -0.4 is 5.32 Å². The van der Waals surface area contributed by atoms with Gasteiger partial charge in [-0.25, -0.2) is 0 Å². The molecule has 63 heavy (non-hydrogen) atoms. The Morgan fingerprint density at radius 2 is 0.937 bits per heavy atom. The van der Waals surface area contributed by atoms with E-state index >= 15 is 0 Å². The lowest BCUT2D eigenvalue weighted by molar-refractivity contribution is -0.302. The monoisotopic (exact) mass is 892 g/mol. The Morgan fingerprint density at radius 3 is 1.37 bits per heavy atom. The first-order valence-corrected chi connectivity index (χ1v) is 26.7. The molecular formula is C54H101NO8. The average Bonchev–Trinajstić information content (AvgIpc) is 3.28. The third-order valence-corrected chi connectivity index (χ3v) is 12.7. The van der Waals surface area contributed by atoms with Crippen LogP contribution in [-0.4, -0.2) is 87.5 Å². The Hall–Kier alpha value is -1.59. The fourth-order valence-corrected chi connectivity index (χ4v) is 8.42. The van der Waals surface area contributed by atoms with E-state index in [0.29, 0.717) is 6.42 Å². The highest BCUT2D eigenvalue weighted by Gasteiger charge is 2.44. The molecular weight excluding hydrogens is 791 g/mol. The molecule has 370 valence electrons. The first-order chi connectivity index (χ1) is 30.8. The molecule has 1 fully saturated rings. The molecule has 1 heterocycles. The summed E-state index contributed by atoms with van der Waals surface area (Å²) >= 11 is 0. The topological polar surface area (TPSA) is 149 Å². The van der Waals surface area contributed by atoms with E-state index in [2.05, 4.69) is 43.5 Å². The Labute approximate surface area is 387 Å². The second-order valence-electron chi connectivity index (χ2n) is 18.7. The fourth-order valence-electron chi connectivity index (χ4n) is 8.42. The molecule has 1 saturated heterocycles. The number of allylic oxidation sites excluding steroid dienone is 5. The maximum Gasteiger partial charge on any atom is 0.220 e. The number of aliphatic hydroxyl groups excluding tert-OH is 5. The van der Waals surface area contributed by atoms with Crippen LogP contribution in [0.1, 0.15) is 245 Å². The number of nitrogens with one attached hydrogen (secondary N) is 1. The van der Waals surface area contributed by atoms with E-state index < -0.39 is 49.5 Å². The summed E-state index contributed by atoms with van der Waals surface area (Å²) in [5, 5.41) is 54.4. The first-order valence-electron chi connectivity index (χ1n) is 26.7. The zero-order valence-electron chi connectivity index (χ0n) is 40.8. The number of aliphatic hydroxyl groups is 5. The van der Waals surface area contributed by atoms with Crippen LogP contribution in [0.2, 0.25) is 0 Å². The van der Waals surface area contributed by atoms with E-state index in [-0.39, 0.29) is 12.5 Å². The summed E-state index contributed by atoms with van der Waals surface area (Å²) < 4.78 is 11.3. The third-order valence-electron chi connectivity index (χ3n) is 12.7. The summed E-state index contributed by atoms with van der Waals surface area (Å²) in [5.41, 5.74) is 0. The number of unbranched alkanes of at least 4 members (excludes halogenated alkanes) is 31. The van der Waals surface area contributed by atoms with Gasteiger partial charge in [0.15, 0.2) is 6.29 Å². The van der Waals surface area contributed by atoms with Gasteiger partial charge in [-0.05, 0) is 51.4 Å². The molecule has 0 saturated carbocycles. The quantitative estimate of drug-likeness (QED) is 0.0261. The summed E-state index contributed by atoms with van der Waals surface area (Å²) in [7, 11) is 0. The average molecular weight is 892 g/mol. The number of hydrogen-bond donors (Lipinski definition) is 6. The molecule has 6 N–H and O–H groups in total. The highest BCUT2D eigenvalue weighted by atomic mass is 16.7. The van der Waals surface area contributed by atoms with Gasteiger partial charge in [0, 0.05) is 6.42 Å². The van der Waals surface area contributed by atoms with Gasteiger partial charge >= 0.3 is 0 Å². The maximum absolute atomic E-state index is 13.0. The number of hydrogen-bond acceptors (Lipinski definition) is 8. The van der Waals surface area contributed by atoms with Crippen LogP contribution >= 0.6 is 0 Å². The Bertz CT molecular complexity index is 1080. The van der Waals surface area contributed by atoms with Gasteiger partial charge in [0.1, 0.15) is 24.4 Å². The highest BCUT2D eigenvalue weighted by molar-refractivity contribution is 5.76. The van der Waals surface area contributed by atoms with E-state index in [9.17, 15) is 30.3 Å². The van der Waals surface area contributed by atoms with Crippen molar-refractivity contribution >= 4 is 5.91 Å². The van der Waals surface area contributed by atoms with Gasteiger partial charge in [0.2, 0.25) is 5.91 Å². The van der Waals surface area contributed by atoms with E-state index in [1.54, 1.807) is 6.08 Å². The Balaban J connectivity index is 2.28. The van der Waals surface area contributed by atoms with Crippen LogP contribution in [0.25, 0.3) is 0 Å². The smallest absolute Gasteiger partial charge is 0.220 e. The largest absolute Gasteiger partial charge is 0.394 e. The molecule has 1 aliphatic heterocycles. The normalized spacial score (nSPS) is 20.4. The van der Waals surface area contributed by atoms with E-state index in [4.69, 9.17) is 9.47 Å². The Morgan fingerprint density at radius 1 is 0.540 bits per heavy atom. The van der Waals surface area contributed by atoms with Crippen molar-refractivity contribution < 1.29 is 39.8 Å².